The molecule has 0 saturated carbocycles. The summed E-state index contributed by atoms with van der Waals surface area (Å²) in [7, 11) is 0. The van der Waals surface area contributed by atoms with Crippen LogP contribution in [0.1, 0.15) is 6.42 Å². The Bertz CT molecular complexity index is 269. The van der Waals surface area contributed by atoms with Crippen LogP contribution < -0.4 is 0 Å². The van der Waals surface area contributed by atoms with E-state index in [1.54, 1.807) is 0 Å². The van der Waals surface area contributed by atoms with Gasteiger partial charge in [-0.15, -0.1) is 0 Å². The lowest BCUT2D eigenvalue weighted by Crippen LogP contribution is -2.45. The van der Waals surface area contributed by atoms with Crippen LogP contribution in [0.3, 0.4) is 0 Å². The van der Waals surface area contributed by atoms with Gasteiger partial charge in [-0.1, -0.05) is 0 Å². The quantitative estimate of drug-likeness (QED) is 0.691. The molecule has 0 spiro atoms. The molecule has 0 aromatic rings. The van der Waals surface area contributed by atoms with Crippen molar-refractivity contribution in [3.8, 4) is 0 Å². The summed E-state index contributed by atoms with van der Waals surface area (Å²) in [6.45, 7) is 0. The molecule has 0 aliphatic carbocycles. The molecule has 1 fully saturated rings. The standard InChI is InChI=1S/C7H5F9O2/c8-5(9,10)1-2-17-3(6(11,12)13)4(18-2)7(14,15)16/h2-4H,1H2. The maximum atomic E-state index is 12.2. The third-order valence-corrected chi connectivity index (χ3v) is 1.92. The molecule has 2 nitrogen and oxygen atoms in total. The van der Waals surface area contributed by atoms with Crippen LogP contribution in [-0.2, 0) is 9.47 Å². The van der Waals surface area contributed by atoms with Crippen LogP contribution in [0.25, 0.3) is 0 Å². The van der Waals surface area contributed by atoms with Crippen LogP contribution >= 0.6 is 0 Å². The summed E-state index contributed by atoms with van der Waals surface area (Å²) in [5, 5.41) is 0. The highest BCUT2D eigenvalue weighted by Gasteiger charge is 2.63. The fraction of sp³-hybridized carbons (Fsp3) is 1.00. The maximum Gasteiger partial charge on any atom is 0.417 e. The lowest BCUT2D eigenvalue weighted by atomic mass is 10.2. The van der Waals surface area contributed by atoms with Crippen LogP contribution in [-0.4, -0.2) is 37.0 Å². The van der Waals surface area contributed by atoms with Gasteiger partial charge in [0.2, 0.25) is 0 Å². The van der Waals surface area contributed by atoms with Crippen molar-refractivity contribution in [2.45, 2.75) is 43.4 Å². The zero-order valence-corrected chi connectivity index (χ0v) is 8.16. The number of alkyl halides is 9. The van der Waals surface area contributed by atoms with Crippen molar-refractivity contribution in [1.82, 2.24) is 0 Å². The third kappa shape index (κ3) is 3.90. The van der Waals surface area contributed by atoms with Gasteiger partial charge < -0.3 is 9.47 Å². The predicted molar refractivity (Wildman–Crippen MR) is 36.3 cm³/mol. The summed E-state index contributed by atoms with van der Waals surface area (Å²) in [5.41, 5.74) is 0. The highest BCUT2D eigenvalue weighted by atomic mass is 19.4. The van der Waals surface area contributed by atoms with Gasteiger partial charge in [0.25, 0.3) is 0 Å². The van der Waals surface area contributed by atoms with Gasteiger partial charge in [0.15, 0.2) is 18.5 Å². The average molecular weight is 292 g/mol. The van der Waals surface area contributed by atoms with Crippen LogP contribution in [0, 0.1) is 0 Å². The van der Waals surface area contributed by atoms with Crippen LogP contribution in [0.4, 0.5) is 39.5 Å². The molecule has 1 saturated heterocycles. The van der Waals surface area contributed by atoms with Crippen molar-refractivity contribution in [1.29, 1.82) is 0 Å². The maximum absolute atomic E-state index is 12.2. The molecule has 11 heteroatoms. The SMILES string of the molecule is FC(F)(F)CC1OC(C(F)(F)F)C(C(F)(F)F)O1. The molecule has 0 aromatic carbocycles. The first-order valence-electron chi connectivity index (χ1n) is 4.32. The van der Waals surface area contributed by atoms with E-state index in [4.69, 9.17) is 0 Å². The Kier molecular flexibility index (Phi) is 3.79. The van der Waals surface area contributed by atoms with Gasteiger partial charge in [-0.05, 0) is 0 Å². The number of rotatable bonds is 1. The van der Waals surface area contributed by atoms with Gasteiger partial charge >= 0.3 is 18.5 Å². The number of hydrogen-bond acceptors (Lipinski definition) is 2. The molecule has 0 amide bonds. The second-order valence-electron chi connectivity index (χ2n) is 3.45. The first kappa shape index (κ1) is 15.3. The van der Waals surface area contributed by atoms with Crippen molar-refractivity contribution in [2.24, 2.45) is 0 Å². The first-order valence-corrected chi connectivity index (χ1v) is 4.32. The van der Waals surface area contributed by atoms with Crippen molar-refractivity contribution in [3.63, 3.8) is 0 Å². The van der Waals surface area contributed by atoms with Gasteiger partial charge in [-0.2, -0.15) is 39.5 Å². The smallest absolute Gasteiger partial charge is 0.336 e. The molecule has 0 bridgehead atoms. The van der Waals surface area contributed by atoms with E-state index in [1.165, 1.54) is 0 Å². The molecular weight excluding hydrogens is 287 g/mol. The Balaban J connectivity index is 2.84. The van der Waals surface area contributed by atoms with E-state index in [1.807, 2.05) is 0 Å². The number of ether oxygens (including phenoxy) is 2. The largest absolute Gasteiger partial charge is 0.417 e. The van der Waals surface area contributed by atoms with Crippen LogP contribution in [0.15, 0.2) is 0 Å². The molecule has 108 valence electrons. The van der Waals surface area contributed by atoms with Gasteiger partial charge in [-0.3, -0.25) is 0 Å². The van der Waals surface area contributed by atoms with Gasteiger partial charge in [0, 0.05) is 0 Å². The molecule has 1 rings (SSSR count). The summed E-state index contributed by atoms with van der Waals surface area (Å²) >= 11 is 0. The van der Waals surface area contributed by atoms with E-state index in [9.17, 15) is 39.5 Å². The minimum atomic E-state index is -5.47. The summed E-state index contributed by atoms with van der Waals surface area (Å²) in [4.78, 5) is 0. The molecule has 1 aliphatic rings. The van der Waals surface area contributed by atoms with Gasteiger partial charge in [-0.25, -0.2) is 0 Å². The zero-order valence-electron chi connectivity index (χ0n) is 8.16. The molecule has 2 unspecified atom stereocenters. The number of hydrogen-bond donors (Lipinski definition) is 0. The summed E-state index contributed by atoms with van der Waals surface area (Å²) in [6, 6.07) is 0. The fourth-order valence-electron chi connectivity index (χ4n) is 1.28. The monoisotopic (exact) mass is 292 g/mol. The Hall–Kier alpha value is -0.710. The Morgan fingerprint density at radius 2 is 1.00 bits per heavy atom. The van der Waals surface area contributed by atoms with E-state index in [0.717, 1.165) is 0 Å². The van der Waals surface area contributed by atoms with Gasteiger partial charge in [0.1, 0.15) is 0 Å². The van der Waals surface area contributed by atoms with Crippen LogP contribution in [0.5, 0.6) is 0 Å². The molecule has 0 radical (unpaired) electrons. The van der Waals surface area contributed by atoms with Crippen molar-refractivity contribution in [2.75, 3.05) is 0 Å². The summed E-state index contributed by atoms with van der Waals surface area (Å²) < 4.78 is 116. The molecular formula is C7H5F9O2. The van der Waals surface area contributed by atoms with E-state index < -0.39 is 43.4 Å². The van der Waals surface area contributed by atoms with Crippen LogP contribution in [0.2, 0.25) is 0 Å². The van der Waals surface area contributed by atoms with Crippen molar-refractivity contribution >= 4 is 0 Å². The average Bonchev–Trinajstić information content (AvgIpc) is 2.42. The Morgan fingerprint density at radius 3 is 1.22 bits per heavy atom. The highest BCUT2D eigenvalue weighted by Crippen LogP contribution is 2.42. The predicted octanol–water partition coefficient (Wildman–Crippen LogP) is 3.17. The van der Waals surface area contributed by atoms with Gasteiger partial charge in [0.05, 0.1) is 6.42 Å². The second-order valence-corrected chi connectivity index (χ2v) is 3.45. The topological polar surface area (TPSA) is 18.5 Å². The minimum absolute atomic E-state index is 2.05. The molecule has 0 aromatic heterocycles. The molecule has 1 heterocycles. The van der Waals surface area contributed by atoms with Crippen molar-refractivity contribution in [3.05, 3.63) is 0 Å². The third-order valence-electron chi connectivity index (χ3n) is 1.92. The normalized spacial score (nSPS) is 30.8. The van der Waals surface area contributed by atoms with E-state index in [-0.39, 0.29) is 0 Å². The highest BCUT2D eigenvalue weighted by molar-refractivity contribution is 4.88. The Morgan fingerprint density at radius 1 is 0.667 bits per heavy atom. The van der Waals surface area contributed by atoms with E-state index >= 15 is 0 Å². The summed E-state index contributed by atoms with van der Waals surface area (Å²) in [6.07, 6.45) is -27.5. The zero-order chi connectivity index (χ0) is 14.4. The Labute approximate surface area is 93.6 Å². The summed E-state index contributed by atoms with van der Waals surface area (Å²) in [5.74, 6) is 0. The molecule has 0 N–H and O–H groups in total. The molecule has 18 heavy (non-hydrogen) atoms. The lowest BCUT2D eigenvalue weighted by molar-refractivity contribution is -0.260. The van der Waals surface area contributed by atoms with Crippen molar-refractivity contribution < 1.29 is 49.0 Å². The molecule has 1 aliphatic heterocycles. The first-order chi connectivity index (χ1) is 7.81. The number of halogens is 9. The van der Waals surface area contributed by atoms with E-state index in [0.29, 0.717) is 0 Å². The molecule has 2 atom stereocenters. The van der Waals surface area contributed by atoms with E-state index in [2.05, 4.69) is 9.47 Å². The second kappa shape index (κ2) is 4.44. The fourth-order valence-corrected chi connectivity index (χ4v) is 1.28. The minimum Gasteiger partial charge on any atom is -0.336 e. The lowest BCUT2D eigenvalue weighted by Gasteiger charge is -2.21.